The number of nitrogens with one attached hydrogen (secondary N) is 1. The maximum absolute atomic E-state index is 9.06. The number of halogens is 1. The van der Waals surface area contributed by atoms with Crippen LogP contribution in [0.3, 0.4) is 0 Å². The maximum atomic E-state index is 9.06. The molecule has 0 aliphatic heterocycles. The van der Waals surface area contributed by atoms with E-state index >= 15 is 0 Å². The fourth-order valence-corrected chi connectivity index (χ4v) is 1.32. The van der Waals surface area contributed by atoms with Gasteiger partial charge in [-0.2, -0.15) is 0 Å². The minimum absolute atomic E-state index is 0.625. The minimum Gasteiger partial charge on any atom is -0.362 e. The summed E-state index contributed by atoms with van der Waals surface area (Å²) in [6.07, 6.45) is 1.72. The Labute approximate surface area is 93.5 Å². The smallest absolute Gasteiger partial charge is 0.206 e. The SMILES string of the molecule is CCc1ccc(SCl)cc1.CNC=O. The first kappa shape index (κ1) is 13.3. The standard InChI is InChI=1S/C8H9ClS.C2H5NO/c1-2-7-3-5-8(10-9)6-4-7;1-3-2-4/h3-6H,2H2,1H3;2H,1H3,(H,3,4). The molecule has 0 bridgehead atoms. The highest BCUT2D eigenvalue weighted by Crippen LogP contribution is 2.21. The van der Waals surface area contributed by atoms with E-state index < -0.39 is 0 Å². The topological polar surface area (TPSA) is 29.1 Å². The number of aryl methyl sites for hydroxylation is 1. The first-order chi connectivity index (χ1) is 6.78. The molecule has 0 spiro atoms. The maximum Gasteiger partial charge on any atom is 0.206 e. The Hall–Kier alpha value is -0.670. The summed E-state index contributed by atoms with van der Waals surface area (Å²) < 4.78 is 0. The molecule has 0 heterocycles. The van der Waals surface area contributed by atoms with Gasteiger partial charge in [-0.05, 0) is 45.8 Å². The van der Waals surface area contributed by atoms with Gasteiger partial charge in [0.15, 0.2) is 0 Å². The molecule has 1 aromatic rings. The highest BCUT2D eigenvalue weighted by atomic mass is 35.7. The number of benzene rings is 1. The molecule has 0 fully saturated rings. The van der Waals surface area contributed by atoms with Crippen LogP contribution in [0.5, 0.6) is 0 Å². The number of hydrogen-bond acceptors (Lipinski definition) is 2. The Bertz CT molecular complexity index is 228. The summed E-state index contributed by atoms with van der Waals surface area (Å²) in [4.78, 5) is 10.2. The molecule has 0 radical (unpaired) electrons. The molecule has 1 N–H and O–H groups in total. The number of rotatable bonds is 3. The second-order valence-electron chi connectivity index (χ2n) is 2.48. The molecule has 0 atom stereocenters. The monoisotopic (exact) mass is 231 g/mol. The van der Waals surface area contributed by atoms with Crippen LogP contribution < -0.4 is 5.32 Å². The van der Waals surface area contributed by atoms with Gasteiger partial charge in [-0.3, -0.25) is 4.79 Å². The Morgan fingerprint density at radius 2 is 1.93 bits per heavy atom. The van der Waals surface area contributed by atoms with Crippen LogP contribution in [0, 0.1) is 0 Å². The van der Waals surface area contributed by atoms with E-state index in [2.05, 4.69) is 24.4 Å². The Kier molecular flexibility index (Phi) is 8.48. The second kappa shape index (κ2) is 8.91. The van der Waals surface area contributed by atoms with Gasteiger partial charge < -0.3 is 5.32 Å². The summed E-state index contributed by atoms with van der Waals surface area (Å²) >= 11 is 0. The van der Waals surface area contributed by atoms with Crippen molar-refractivity contribution in [3.63, 3.8) is 0 Å². The van der Waals surface area contributed by atoms with Crippen LogP contribution in [0.4, 0.5) is 0 Å². The van der Waals surface area contributed by atoms with Crippen molar-refractivity contribution in [1.82, 2.24) is 5.32 Å². The lowest BCUT2D eigenvalue weighted by Crippen LogP contribution is -1.98. The molecule has 0 aliphatic carbocycles. The molecule has 0 unspecified atom stereocenters. The van der Waals surface area contributed by atoms with Gasteiger partial charge in [-0.25, -0.2) is 0 Å². The van der Waals surface area contributed by atoms with Crippen LogP contribution in [0.15, 0.2) is 29.2 Å². The zero-order valence-electron chi connectivity index (χ0n) is 8.29. The van der Waals surface area contributed by atoms with Gasteiger partial charge >= 0.3 is 0 Å². The average molecular weight is 232 g/mol. The Morgan fingerprint density at radius 3 is 2.21 bits per heavy atom. The van der Waals surface area contributed by atoms with Gasteiger partial charge in [0.2, 0.25) is 6.41 Å². The first-order valence-corrected chi connectivity index (χ1v) is 5.91. The van der Waals surface area contributed by atoms with Gasteiger partial charge in [0.05, 0.1) is 0 Å². The third-order valence-electron chi connectivity index (χ3n) is 1.54. The minimum atomic E-state index is 0.625. The molecular formula is C10H14ClNOS. The van der Waals surface area contributed by atoms with Gasteiger partial charge in [-0.1, -0.05) is 19.1 Å². The third kappa shape index (κ3) is 5.89. The first-order valence-electron chi connectivity index (χ1n) is 4.26. The van der Waals surface area contributed by atoms with Crippen LogP contribution in [-0.4, -0.2) is 13.5 Å². The van der Waals surface area contributed by atoms with Crippen LogP contribution >= 0.6 is 21.7 Å². The summed E-state index contributed by atoms with van der Waals surface area (Å²) in [6, 6.07) is 8.28. The molecule has 0 aliphatic rings. The number of carbonyl (C=O) groups excluding carboxylic acids is 1. The summed E-state index contributed by atoms with van der Waals surface area (Å²) in [7, 11) is 8.36. The largest absolute Gasteiger partial charge is 0.362 e. The zero-order chi connectivity index (χ0) is 10.8. The van der Waals surface area contributed by atoms with Crippen LogP contribution in [-0.2, 0) is 11.2 Å². The van der Waals surface area contributed by atoms with E-state index in [-0.39, 0.29) is 0 Å². The predicted molar refractivity (Wildman–Crippen MR) is 62.7 cm³/mol. The summed E-state index contributed by atoms with van der Waals surface area (Å²) in [5.74, 6) is 0. The third-order valence-corrected chi connectivity index (χ3v) is 2.52. The van der Waals surface area contributed by atoms with Gasteiger partial charge in [0, 0.05) is 11.9 Å². The van der Waals surface area contributed by atoms with E-state index in [1.807, 2.05) is 12.1 Å². The molecule has 1 amide bonds. The molecular weight excluding hydrogens is 218 g/mol. The number of amides is 1. The molecule has 1 aromatic carbocycles. The molecule has 78 valence electrons. The van der Waals surface area contributed by atoms with Crippen LogP contribution in [0.25, 0.3) is 0 Å². The van der Waals surface area contributed by atoms with Gasteiger partial charge in [0.1, 0.15) is 0 Å². The van der Waals surface area contributed by atoms with Gasteiger partial charge in [0.25, 0.3) is 0 Å². The lowest BCUT2D eigenvalue weighted by molar-refractivity contribution is -0.109. The molecule has 1 rings (SSSR count). The summed E-state index contributed by atoms with van der Waals surface area (Å²) in [5.41, 5.74) is 1.36. The number of hydrogen-bond donors (Lipinski definition) is 1. The number of carbonyl (C=O) groups is 1. The highest BCUT2D eigenvalue weighted by molar-refractivity contribution is 8.21. The Balaban J connectivity index is 0.000000364. The normalized spacial score (nSPS) is 8.50. The predicted octanol–water partition coefficient (Wildman–Crippen LogP) is 2.86. The van der Waals surface area contributed by atoms with Crippen LogP contribution in [0.1, 0.15) is 12.5 Å². The highest BCUT2D eigenvalue weighted by Gasteiger charge is 1.90. The summed E-state index contributed by atoms with van der Waals surface area (Å²) in [6.45, 7) is 2.14. The Morgan fingerprint density at radius 1 is 1.43 bits per heavy atom. The molecule has 2 nitrogen and oxygen atoms in total. The van der Waals surface area contributed by atoms with Crippen molar-refractivity contribution in [2.45, 2.75) is 18.2 Å². The lowest BCUT2D eigenvalue weighted by Gasteiger charge is -1.95. The average Bonchev–Trinajstić information content (AvgIpc) is 2.29. The second-order valence-corrected chi connectivity index (χ2v) is 3.57. The van der Waals surface area contributed by atoms with E-state index in [0.29, 0.717) is 6.41 Å². The van der Waals surface area contributed by atoms with Crippen molar-refractivity contribution < 1.29 is 4.79 Å². The van der Waals surface area contributed by atoms with Crippen molar-refractivity contribution >= 4 is 28.1 Å². The fraction of sp³-hybridized carbons (Fsp3) is 0.300. The molecule has 4 heteroatoms. The quantitative estimate of drug-likeness (QED) is 0.811. The van der Waals surface area contributed by atoms with Crippen LogP contribution in [0.2, 0.25) is 0 Å². The van der Waals surface area contributed by atoms with Crippen molar-refractivity contribution in [2.24, 2.45) is 0 Å². The van der Waals surface area contributed by atoms with Crippen molar-refractivity contribution in [2.75, 3.05) is 7.05 Å². The summed E-state index contributed by atoms with van der Waals surface area (Å²) in [5, 5.41) is 2.25. The van der Waals surface area contributed by atoms with E-state index in [1.54, 1.807) is 7.05 Å². The van der Waals surface area contributed by atoms with E-state index in [1.165, 1.54) is 16.5 Å². The van der Waals surface area contributed by atoms with E-state index in [4.69, 9.17) is 15.5 Å². The van der Waals surface area contributed by atoms with E-state index in [9.17, 15) is 0 Å². The van der Waals surface area contributed by atoms with Gasteiger partial charge in [-0.15, -0.1) is 0 Å². The molecule has 0 saturated heterocycles. The zero-order valence-corrected chi connectivity index (χ0v) is 9.86. The van der Waals surface area contributed by atoms with Crippen molar-refractivity contribution in [3.05, 3.63) is 29.8 Å². The van der Waals surface area contributed by atoms with E-state index in [0.717, 1.165) is 11.3 Å². The molecule has 0 saturated carbocycles. The molecule has 0 aromatic heterocycles. The molecule has 14 heavy (non-hydrogen) atoms. The van der Waals surface area contributed by atoms with Crippen molar-refractivity contribution in [3.8, 4) is 0 Å². The fourth-order valence-electron chi connectivity index (χ4n) is 0.777. The van der Waals surface area contributed by atoms with Crippen molar-refractivity contribution in [1.29, 1.82) is 0 Å². The lowest BCUT2D eigenvalue weighted by atomic mass is 10.2.